The summed E-state index contributed by atoms with van der Waals surface area (Å²) in [6.45, 7) is 1.01. The van der Waals surface area contributed by atoms with Crippen molar-refractivity contribution in [3.05, 3.63) is 0 Å². The maximum absolute atomic E-state index is 10.5. The molecule has 12 heavy (non-hydrogen) atoms. The summed E-state index contributed by atoms with van der Waals surface area (Å²) in [5, 5.41) is 2.52. The lowest BCUT2D eigenvalue weighted by Crippen LogP contribution is -2.32. The molecule has 0 saturated heterocycles. The monoisotopic (exact) mass is 176 g/mol. The van der Waals surface area contributed by atoms with Crippen LogP contribution in [-0.2, 0) is 9.47 Å². The van der Waals surface area contributed by atoms with Gasteiger partial charge in [-0.25, -0.2) is 4.79 Å². The van der Waals surface area contributed by atoms with Crippen molar-refractivity contribution in [2.45, 2.75) is 12.5 Å². The summed E-state index contributed by atoms with van der Waals surface area (Å²) in [5.74, 6) is 0. The molecular formula is C7H16N2O3. The zero-order chi connectivity index (χ0) is 9.40. The number of amides is 1. The van der Waals surface area contributed by atoms with Crippen molar-refractivity contribution in [2.75, 3.05) is 27.4 Å². The minimum atomic E-state index is -0.431. The van der Waals surface area contributed by atoms with Crippen molar-refractivity contribution in [3.63, 3.8) is 0 Å². The molecule has 0 saturated carbocycles. The number of rotatable bonds is 5. The van der Waals surface area contributed by atoms with Gasteiger partial charge in [-0.05, 0) is 6.42 Å². The molecule has 0 bridgehead atoms. The van der Waals surface area contributed by atoms with Crippen molar-refractivity contribution < 1.29 is 14.3 Å². The Kier molecular flexibility index (Phi) is 6.41. The number of alkyl carbamates (subject to hydrolysis) is 1. The molecule has 0 aromatic carbocycles. The summed E-state index contributed by atoms with van der Waals surface area (Å²) in [6.07, 6.45) is 0.253. The Balaban J connectivity index is 3.24. The topological polar surface area (TPSA) is 73.6 Å². The van der Waals surface area contributed by atoms with E-state index in [0.717, 1.165) is 0 Å². The smallest absolute Gasteiger partial charge is 0.406 e. The third-order valence-electron chi connectivity index (χ3n) is 1.35. The largest absolute Gasteiger partial charge is 0.453 e. The van der Waals surface area contributed by atoms with Crippen LogP contribution in [0.2, 0.25) is 0 Å². The molecule has 5 heteroatoms. The molecule has 0 aromatic heterocycles. The number of nitrogens with two attached hydrogens (primary N) is 1. The SMILES string of the molecule is COCC(N)CCNC(=O)OC. The van der Waals surface area contributed by atoms with Gasteiger partial charge in [0.2, 0.25) is 0 Å². The van der Waals surface area contributed by atoms with E-state index in [1.165, 1.54) is 7.11 Å². The molecule has 1 amide bonds. The summed E-state index contributed by atoms with van der Waals surface area (Å²) in [7, 11) is 2.91. The quantitative estimate of drug-likeness (QED) is 0.603. The first-order chi connectivity index (χ1) is 5.70. The summed E-state index contributed by atoms with van der Waals surface area (Å²) in [5.41, 5.74) is 5.59. The third-order valence-corrected chi connectivity index (χ3v) is 1.35. The molecule has 0 rings (SSSR count). The van der Waals surface area contributed by atoms with Gasteiger partial charge in [-0.1, -0.05) is 0 Å². The number of carbonyl (C=O) groups excluding carboxylic acids is 1. The van der Waals surface area contributed by atoms with E-state index < -0.39 is 6.09 Å². The third kappa shape index (κ3) is 5.94. The van der Waals surface area contributed by atoms with E-state index in [0.29, 0.717) is 19.6 Å². The van der Waals surface area contributed by atoms with Gasteiger partial charge < -0.3 is 20.5 Å². The van der Waals surface area contributed by atoms with E-state index in [9.17, 15) is 4.79 Å². The lowest BCUT2D eigenvalue weighted by atomic mass is 10.2. The zero-order valence-corrected chi connectivity index (χ0v) is 7.50. The molecular weight excluding hydrogens is 160 g/mol. The number of hydrogen-bond acceptors (Lipinski definition) is 4. The Morgan fingerprint density at radius 1 is 1.58 bits per heavy atom. The van der Waals surface area contributed by atoms with Gasteiger partial charge in [0.1, 0.15) is 0 Å². The molecule has 1 unspecified atom stereocenters. The number of ether oxygens (including phenoxy) is 2. The Hall–Kier alpha value is -0.810. The average Bonchev–Trinajstić information content (AvgIpc) is 2.04. The second kappa shape index (κ2) is 6.87. The lowest BCUT2D eigenvalue weighted by Gasteiger charge is -2.09. The van der Waals surface area contributed by atoms with Gasteiger partial charge in [0, 0.05) is 19.7 Å². The highest BCUT2D eigenvalue weighted by molar-refractivity contribution is 5.66. The molecule has 0 spiro atoms. The molecule has 0 radical (unpaired) electrons. The van der Waals surface area contributed by atoms with E-state index in [1.54, 1.807) is 7.11 Å². The standard InChI is InChI=1S/C7H16N2O3/c1-11-5-6(8)3-4-9-7(10)12-2/h6H,3-5,8H2,1-2H3,(H,9,10). The summed E-state index contributed by atoms with van der Waals surface area (Å²) >= 11 is 0. The van der Waals surface area contributed by atoms with Gasteiger partial charge in [-0.3, -0.25) is 0 Å². The molecule has 72 valence electrons. The van der Waals surface area contributed by atoms with E-state index in [2.05, 4.69) is 10.1 Å². The van der Waals surface area contributed by atoms with Gasteiger partial charge in [0.05, 0.1) is 13.7 Å². The van der Waals surface area contributed by atoms with Crippen molar-refractivity contribution in [2.24, 2.45) is 5.73 Å². The van der Waals surface area contributed by atoms with E-state index >= 15 is 0 Å². The van der Waals surface area contributed by atoms with Crippen LogP contribution < -0.4 is 11.1 Å². The molecule has 0 heterocycles. The normalized spacial score (nSPS) is 12.2. The van der Waals surface area contributed by atoms with Crippen LogP contribution in [0, 0.1) is 0 Å². The first kappa shape index (κ1) is 11.2. The van der Waals surface area contributed by atoms with Gasteiger partial charge in [0.25, 0.3) is 0 Å². The fourth-order valence-electron chi connectivity index (χ4n) is 0.729. The summed E-state index contributed by atoms with van der Waals surface area (Å²) in [4.78, 5) is 10.5. The molecule has 1 atom stereocenters. The first-order valence-corrected chi connectivity index (χ1v) is 3.77. The number of methoxy groups -OCH3 is 2. The van der Waals surface area contributed by atoms with E-state index in [4.69, 9.17) is 10.5 Å². The highest BCUT2D eigenvalue weighted by atomic mass is 16.5. The minimum absolute atomic E-state index is 0.0350. The first-order valence-electron chi connectivity index (χ1n) is 3.77. The molecule has 0 aromatic rings. The maximum atomic E-state index is 10.5. The average molecular weight is 176 g/mol. The van der Waals surface area contributed by atoms with Crippen molar-refractivity contribution in [1.82, 2.24) is 5.32 Å². The van der Waals surface area contributed by atoms with Crippen LogP contribution in [0.25, 0.3) is 0 Å². The van der Waals surface area contributed by atoms with Crippen LogP contribution in [0.4, 0.5) is 4.79 Å². The zero-order valence-electron chi connectivity index (χ0n) is 7.50. The number of hydrogen-bond donors (Lipinski definition) is 2. The number of carbonyl (C=O) groups is 1. The summed E-state index contributed by atoms with van der Waals surface area (Å²) in [6, 6.07) is -0.0350. The fraction of sp³-hybridized carbons (Fsp3) is 0.857. The van der Waals surface area contributed by atoms with Crippen molar-refractivity contribution in [1.29, 1.82) is 0 Å². The fourth-order valence-corrected chi connectivity index (χ4v) is 0.729. The Bertz CT molecular complexity index is 130. The Labute approximate surface area is 72.2 Å². The predicted octanol–water partition coefficient (Wildman–Crippen LogP) is -0.294. The highest BCUT2D eigenvalue weighted by Gasteiger charge is 2.02. The van der Waals surface area contributed by atoms with E-state index in [-0.39, 0.29) is 6.04 Å². The highest BCUT2D eigenvalue weighted by Crippen LogP contribution is 1.86. The maximum Gasteiger partial charge on any atom is 0.406 e. The van der Waals surface area contributed by atoms with Crippen molar-refractivity contribution in [3.8, 4) is 0 Å². The molecule has 0 fully saturated rings. The van der Waals surface area contributed by atoms with Crippen LogP contribution >= 0.6 is 0 Å². The van der Waals surface area contributed by atoms with Gasteiger partial charge in [-0.2, -0.15) is 0 Å². The summed E-state index contributed by atoms with van der Waals surface area (Å²) < 4.78 is 9.19. The molecule has 0 aliphatic rings. The molecule has 0 aliphatic heterocycles. The predicted molar refractivity (Wildman–Crippen MR) is 44.9 cm³/mol. The van der Waals surface area contributed by atoms with Crippen molar-refractivity contribution >= 4 is 6.09 Å². The Morgan fingerprint density at radius 3 is 2.75 bits per heavy atom. The Morgan fingerprint density at radius 2 is 2.25 bits per heavy atom. The van der Waals surface area contributed by atoms with Gasteiger partial charge >= 0.3 is 6.09 Å². The minimum Gasteiger partial charge on any atom is -0.453 e. The second-order valence-electron chi connectivity index (χ2n) is 2.42. The second-order valence-corrected chi connectivity index (χ2v) is 2.42. The van der Waals surface area contributed by atoms with E-state index in [1.807, 2.05) is 0 Å². The van der Waals surface area contributed by atoms with Crippen LogP contribution in [0.15, 0.2) is 0 Å². The lowest BCUT2D eigenvalue weighted by molar-refractivity contribution is 0.165. The van der Waals surface area contributed by atoms with Gasteiger partial charge in [0.15, 0.2) is 0 Å². The van der Waals surface area contributed by atoms with Crippen LogP contribution in [-0.4, -0.2) is 39.5 Å². The van der Waals surface area contributed by atoms with Crippen LogP contribution in [0.5, 0.6) is 0 Å². The molecule has 5 nitrogen and oxygen atoms in total. The van der Waals surface area contributed by atoms with Crippen LogP contribution in [0.3, 0.4) is 0 Å². The van der Waals surface area contributed by atoms with Crippen LogP contribution in [0.1, 0.15) is 6.42 Å². The van der Waals surface area contributed by atoms with Gasteiger partial charge in [-0.15, -0.1) is 0 Å². The molecule has 0 aliphatic carbocycles. The number of nitrogens with one attached hydrogen (secondary N) is 1. The molecule has 3 N–H and O–H groups in total.